The average Bonchev–Trinajstić information content (AvgIpc) is 3.79. The Balaban J connectivity index is 1.48. The van der Waals surface area contributed by atoms with E-state index in [0.717, 1.165) is 20.7 Å². The molecular weight excluding hydrogens is 633 g/mol. The first kappa shape index (κ1) is 19.7. The third-order valence-corrected chi connectivity index (χ3v) is 14.6. The van der Waals surface area contributed by atoms with E-state index in [1.807, 2.05) is 72.8 Å². The van der Waals surface area contributed by atoms with Crippen molar-refractivity contribution in [3.63, 3.8) is 0 Å². The number of para-hydroxylation sites is 4. The summed E-state index contributed by atoms with van der Waals surface area (Å²) in [5.41, 5.74) is 2.18. The van der Waals surface area contributed by atoms with Crippen LogP contribution in [0, 0.1) is 0 Å². The zero-order valence-corrected chi connectivity index (χ0v) is 28.1. The molecule has 51 heavy (non-hydrogen) atoms. The first-order valence-corrected chi connectivity index (χ1v) is 18.6. The van der Waals surface area contributed by atoms with Gasteiger partial charge < -0.3 is 9.13 Å². The molecule has 2 aromatic heterocycles. The number of hydrogen-bond donors (Lipinski definition) is 0. The predicted molar refractivity (Wildman–Crippen MR) is 219 cm³/mol. The normalized spacial score (nSPS) is 15.2. The Kier molecular flexibility index (Phi) is 4.58. The molecule has 0 spiro atoms. The van der Waals surface area contributed by atoms with E-state index in [2.05, 4.69) is 36.4 Å². The van der Waals surface area contributed by atoms with Crippen molar-refractivity contribution in [3.8, 4) is 11.4 Å². The molecule has 0 aliphatic heterocycles. The van der Waals surface area contributed by atoms with E-state index < -0.39 is 8.07 Å². The van der Waals surface area contributed by atoms with Crippen LogP contribution in [0.3, 0.4) is 0 Å². The third kappa shape index (κ3) is 4.49. The van der Waals surface area contributed by atoms with Gasteiger partial charge in [0.1, 0.15) is 0 Å². The summed E-state index contributed by atoms with van der Waals surface area (Å²) in [5, 5.41) is 4.66. The van der Waals surface area contributed by atoms with E-state index in [1.165, 1.54) is 24.3 Å². The van der Waals surface area contributed by atoms with Crippen LogP contribution in [0.5, 0.6) is 0 Å². The smallest absolute Gasteiger partial charge is 0.179 e. The van der Waals surface area contributed by atoms with Crippen LogP contribution >= 0.6 is 0 Å². The van der Waals surface area contributed by atoms with Crippen molar-refractivity contribution in [1.29, 1.82) is 0 Å². The summed E-state index contributed by atoms with van der Waals surface area (Å²) in [6.07, 6.45) is 0. The van der Waals surface area contributed by atoms with E-state index >= 15 is 0 Å². The zero-order valence-electron chi connectivity index (χ0n) is 39.1. The summed E-state index contributed by atoms with van der Waals surface area (Å²) in [6.45, 7) is 0. The summed E-state index contributed by atoms with van der Waals surface area (Å²) in [4.78, 5) is 0. The largest absolute Gasteiger partial charge is 0.309 e. The van der Waals surface area contributed by atoms with Crippen molar-refractivity contribution >= 4 is 72.4 Å². The van der Waals surface area contributed by atoms with E-state index in [-0.39, 0.29) is 94.1 Å². The fraction of sp³-hybridized carbons (Fsp3) is 0. The third-order valence-electron chi connectivity index (χ3n) is 9.83. The fourth-order valence-electron chi connectivity index (χ4n) is 7.77. The topological polar surface area (TPSA) is 9.86 Å². The lowest BCUT2D eigenvalue weighted by molar-refractivity contribution is 1.14. The fourth-order valence-corrected chi connectivity index (χ4v) is 12.6. The lowest BCUT2D eigenvalue weighted by Crippen LogP contribution is -2.74. The molecule has 8 aromatic carbocycles. The van der Waals surface area contributed by atoms with Gasteiger partial charge in [-0.2, -0.15) is 0 Å². The summed E-state index contributed by atoms with van der Waals surface area (Å²) >= 11 is 0. The van der Waals surface area contributed by atoms with Crippen molar-refractivity contribution in [3.05, 3.63) is 206 Å². The van der Waals surface area contributed by atoms with Gasteiger partial charge in [0.2, 0.25) is 0 Å². The van der Waals surface area contributed by atoms with Gasteiger partial charge in [-0.3, -0.25) is 0 Å². The molecule has 0 unspecified atom stereocenters. The Bertz CT molecular complexity index is 3130. The second-order valence-electron chi connectivity index (χ2n) is 12.5. The number of hydrogen-bond acceptors (Lipinski definition) is 0. The molecule has 0 amide bonds. The molecule has 0 aliphatic rings. The maximum atomic E-state index is 9.13. The molecule has 2 nitrogen and oxygen atoms in total. The lowest BCUT2D eigenvalue weighted by Gasteiger charge is -2.35. The molecule has 10 aromatic rings. The van der Waals surface area contributed by atoms with Gasteiger partial charge in [0.25, 0.3) is 0 Å². The molecule has 0 saturated carbocycles. The van der Waals surface area contributed by atoms with E-state index in [4.69, 9.17) is 16.4 Å². The first-order valence-electron chi connectivity index (χ1n) is 22.6. The molecule has 0 atom stereocenters. The molecule has 2 heterocycles. The van der Waals surface area contributed by atoms with E-state index in [0.29, 0.717) is 33.4 Å². The second-order valence-corrected chi connectivity index (χ2v) is 16.3. The van der Waals surface area contributed by atoms with Crippen molar-refractivity contribution < 1.29 is 16.4 Å². The van der Waals surface area contributed by atoms with Crippen LogP contribution in [0.25, 0.3) is 55.0 Å². The van der Waals surface area contributed by atoms with E-state index in [9.17, 15) is 0 Å². The summed E-state index contributed by atoms with van der Waals surface area (Å²) < 4.78 is 110. The van der Waals surface area contributed by atoms with Gasteiger partial charge in [-0.15, -0.1) is 0 Å². The maximum absolute atomic E-state index is 9.13. The molecule has 240 valence electrons. The second kappa shape index (κ2) is 11.9. The molecule has 0 bridgehead atoms. The van der Waals surface area contributed by atoms with E-state index in [1.54, 1.807) is 9.13 Å². The molecule has 10 rings (SSSR count). The number of rotatable bonds is 6. The van der Waals surface area contributed by atoms with Crippen molar-refractivity contribution in [2.24, 2.45) is 0 Å². The van der Waals surface area contributed by atoms with Crippen molar-refractivity contribution in [2.75, 3.05) is 0 Å². The van der Waals surface area contributed by atoms with Gasteiger partial charge in [0.05, 0.1) is 38.5 Å². The minimum Gasteiger partial charge on any atom is -0.309 e. The standard InChI is InChI=1S/C48H34N2Si/c1-4-18-37(19-5-1)51(38-20-6-2-7-21-38,39-22-8-3-9-23-39)40-33-35(49-45-28-14-10-24-41(45)42-25-11-15-29-46(42)49)32-36(34-40)50-47-30-16-12-26-43(47)44-27-13-17-31-48(44)50/h1-34H/i10D,11D,12D,13D,14D,15D,16D,17D,24D,25D,26D,27D. The highest BCUT2D eigenvalue weighted by Gasteiger charge is 2.42. The molecular formula is C48H34N2Si. The Morgan fingerprint density at radius 2 is 0.647 bits per heavy atom. The SMILES string of the molecule is [2H]c1cc2c(c([2H])c1[2H])c1c([2H])c([2H])c([2H])cc1n2-c1cc(-n2c3cc([2H])c([2H])c([2H])c3c3c([2H])c([2H])c([2H])cc32)cc([Si](c2ccccc2)(c2ccccc2)c2ccccc2)c1. The predicted octanol–water partition coefficient (Wildman–Crippen LogP) is 9.26. The Morgan fingerprint density at radius 1 is 0.333 bits per heavy atom. The number of nitrogens with zero attached hydrogens (tertiary/aromatic N) is 2. The first-order chi connectivity index (χ1) is 30.2. The molecule has 0 N–H and O–H groups in total. The van der Waals surface area contributed by atoms with Gasteiger partial charge in [-0.25, -0.2) is 0 Å². The number of benzene rings is 8. The van der Waals surface area contributed by atoms with Gasteiger partial charge in [-0.1, -0.05) is 164 Å². The van der Waals surface area contributed by atoms with Crippen LogP contribution in [-0.2, 0) is 0 Å². The summed E-state index contributed by atoms with van der Waals surface area (Å²) in [7, 11) is -3.42. The number of aromatic nitrogens is 2. The number of fused-ring (bicyclic) bond motifs is 6. The highest BCUT2D eigenvalue weighted by molar-refractivity contribution is 7.20. The van der Waals surface area contributed by atoms with Crippen LogP contribution in [0.2, 0.25) is 0 Å². The molecule has 0 aliphatic carbocycles. The quantitative estimate of drug-likeness (QED) is 0.123. The zero-order chi connectivity index (χ0) is 44.2. The van der Waals surface area contributed by atoms with Crippen LogP contribution in [0.4, 0.5) is 0 Å². The maximum Gasteiger partial charge on any atom is 0.179 e. The minimum absolute atomic E-state index is 0.187. The van der Waals surface area contributed by atoms with Gasteiger partial charge in [-0.05, 0) is 63.2 Å². The van der Waals surface area contributed by atoms with Gasteiger partial charge in [0, 0.05) is 32.9 Å². The van der Waals surface area contributed by atoms with Crippen LogP contribution < -0.4 is 20.7 Å². The lowest BCUT2D eigenvalue weighted by atomic mass is 10.2. The Morgan fingerprint density at radius 3 is 0.961 bits per heavy atom. The highest BCUT2D eigenvalue weighted by Crippen LogP contribution is 2.35. The van der Waals surface area contributed by atoms with Crippen LogP contribution in [-0.4, -0.2) is 17.2 Å². The molecule has 0 saturated heterocycles. The summed E-state index contributed by atoms with van der Waals surface area (Å²) in [5.74, 6) is 0. The van der Waals surface area contributed by atoms with Crippen LogP contribution in [0.1, 0.15) is 16.4 Å². The molecule has 0 fully saturated rings. The molecule has 0 radical (unpaired) electrons. The summed E-state index contributed by atoms with van der Waals surface area (Å²) in [6, 6.07) is 38.8. The highest BCUT2D eigenvalue weighted by atomic mass is 28.3. The minimum atomic E-state index is -3.42. The van der Waals surface area contributed by atoms with Crippen molar-refractivity contribution in [2.45, 2.75) is 0 Å². The van der Waals surface area contributed by atoms with Crippen molar-refractivity contribution in [1.82, 2.24) is 9.13 Å². The van der Waals surface area contributed by atoms with Crippen LogP contribution in [0.15, 0.2) is 206 Å². The van der Waals surface area contributed by atoms with Gasteiger partial charge >= 0.3 is 0 Å². The Hall–Kier alpha value is -6.42. The average molecular weight is 679 g/mol. The Labute approximate surface area is 315 Å². The molecule has 3 heteroatoms. The monoisotopic (exact) mass is 678 g/mol. The van der Waals surface area contributed by atoms with Gasteiger partial charge in [0.15, 0.2) is 8.07 Å².